The Morgan fingerprint density at radius 3 is 1.43 bits per heavy atom. The fraction of sp³-hybridized carbons (Fsp3) is 0.0357. The van der Waals surface area contributed by atoms with Crippen LogP contribution in [0.15, 0.2) is 194 Å². The molecule has 11 aromatic rings. The average molecular weight is 767 g/mol. The van der Waals surface area contributed by atoms with Gasteiger partial charge in [-0.15, -0.1) is 0 Å². The lowest BCUT2D eigenvalue weighted by atomic mass is 9.99. The van der Waals surface area contributed by atoms with Gasteiger partial charge in [-0.25, -0.2) is 4.98 Å². The zero-order valence-electron chi connectivity index (χ0n) is 33.3. The number of pyridine rings is 1. The molecular formula is C56H38N4. The molecule has 60 heavy (non-hydrogen) atoms. The minimum Gasteiger partial charge on any atom is -0.307 e. The maximum absolute atomic E-state index is 11.1. The van der Waals surface area contributed by atoms with Gasteiger partial charge in [-0.1, -0.05) is 146 Å². The third kappa shape index (κ3) is 5.63. The van der Waals surface area contributed by atoms with E-state index < -0.39 is 0 Å². The Balaban J connectivity index is 1.28. The second-order valence-electron chi connectivity index (χ2n) is 15.6. The van der Waals surface area contributed by atoms with Crippen molar-refractivity contribution in [1.82, 2.24) is 14.1 Å². The summed E-state index contributed by atoms with van der Waals surface area (Å²) in [6, 6.07) is 71.2. The third-order valence-corrected chi connectivity index (χ3v) is 12.1. The van der Waals surface area contributed by atoms with E-state index in [9.17, 15) is 5.26 Å². The minimum absolute atomic E-state index is 0.550. The summed E-state index contributed by atoms with van der Waals surface area (Å²) < 4.78 is 4.77. The van der Waals surface area contributed by atoms with Crippen molar-refractivity contribution in [3.05, 3.63) is 211 Å². The van der Waals surface area contributed by atoms with Gasteiger partial charge in [0.15, 0.2) is 0 Å². The predicted octanol–water partition coefficient (Wildman–Crippen LogP) is 14.4. The van der Waals surface area contributed by atoms with E-state index in [4.69, 9.17) is 4.98 Å². The molecule has 0 aliphatic heterocycles. The Morgan fingerprint density at radius 1 is 0.383 bits per heavy atom. The van der Waals surface area contributed by atoms with Crippen molar-refractivity contribution in [2.45, 2.75) is 13.8 Å². The molecule has 0 unspecified atom stereocenters. The summed E-state index contributed by atoms with van der Waals surface area (Å²) in [6.45, 7) is 4.34. The van der Waals surface area contributed by atoms with E-state index in [2.05, 4.69) is 187 Å². The van der Waals surface area contributed by atoms with Gasteiger partial charge in [0.2, 0.25) is 0 Å². The van der Waals surface area contributed by atoms with Gasteiger partial charge < -0.3 is 9.13 Å². The first kappa shape index (κ1) is 35.2. The number of nitriles is 1. The average Bonchev–Trinajstić information content (AvgIpc) is 3.81. The maximum atomic E-state index is 11.1. The predicted molar refractivity (Wildman–Crippen MR) is 249 cm³/mol. The Hall–Kier alpha value is -8.00. The van der Waals surface area contributed by atoms with Crippen LogP contribution in [0.5, 0.6) is 0 Å². The number of fused-ring (bicyclic) bond motifs is 6. The van der Waals surface area contributed by atoms with Crippen LogP contribution in [0.4, 0.5) is 0 Å². The first-order chi connectivity index (χ1) is 29.6. The van der Waals surface area contributed by atoms with Crippen molar-refractivity contribution in [3.63, 3.8) is 0 Å². The van der Waals surface area contributed by atoms with Crippen LogP contribution in [0.25, 0.3) is 99.8 Å². The van der Waals surface area contributed by atoms with Crippen LogP contribution < -0.4 is 0 Å². The summed E-state index contributed by atoms with van der Waals surface area (Å²) in [5.41, 5.74) is 17.2. The van der Waals surface area contributed by atoms with Crippen LogP contribution in [0, 0.1) is 25.2 Å². The number of rotatable bonds is 6. The van der Waals surface area contributed by atoms with Crippen LogP contribution in [-0.4, -0.2) is 14.1 Å². The van der Waals surface area contributed by atoms with Crippen LogP contribution >= 0.6 is 0 Å². The molecule has 0 bridgehead atoms. The van der Waals surface area contributed by atoms with E-state index in [1.165, 1.54) is 22.3 Å². The van der Waals surface area contributed by atoms with E-state index in [1.807, 2.05) is 36.4 Å². The summed E-state index contributed by atoms with van der Waals surface area (Å²) in [6.07, 6.45) is 0. The van der Waals surface area contributed by atoms with Gasteiger partial charge in [-0.2, -0.15) is 5.26 Å². The number of aromatic nitrogens is 3. The Kier molecular flexibility index (Phi) is 8.28. The first-order valence-electron chi connectivity index (χ1n) is 20.4. The van der Waals surface area contributed by atoms with Crippen molar-refractivity contribution >= 4 is 43.6 Å². The fourth-order valence-electron chi connectivity index (χ4n) is 9.18. The van der Waals surface area contributed by atoms with E-state index in [1.54, 1.807) is 0 Å². The highest BCUT2D eigenvalue weighted by molar-refractivity contribution is 6.13. The normalized spacial score (nSPS) is 11.5. The second-order valence-corrected chi connectivity index (χ2v) is 15.6. The quantitative estimate of drug-likeness (QED) is 0.169. The lowest BCUT2D eigenvalue weighted by Gasteiger charge is -2.20. The number of hydrogen-bond donors (Lipinski definition) is 0. The maximum Gasteiger partial charge on any atom is 0.0999 e. The summed E-state index contributed by atoms with van der Waals surface area (Å²) >= 11 is 0. The van der Waals surface area contributed by atoms with Crippen LogP contribution in [0.3, 0.4) is 0 Å². The van der Waals surface area contributed by atoms with Gasteiger partial charge in [0.05, 0.1) is 56.5 Å². The fourth-order valence-corrected chi connectivity index (χ4v) is 9.18. The molecule has 0 radical (unpaired) electrons. The molecule has 0 fully saturated rings. The van der Waals surface area contributed by atoms with Gasteiger partial charge >= 0.3 is 0 Å². The number of benzene rings is 8. The zero-order valence-corrected chi connectivity index (χ0v) is 33.3. The van der Waals surface area contributed by atoms with E-state index in [0.29, 0.717) is 5.56 Å². The molecular weight excluding hydrogens is 729 g/mol. The monoisotopic (exact) mass is 766 g/mol. The van der Waals surface area contributed by atoms with E-state index >= 15 is 0 Å². The second kappa shape index (κ2) is 14.1. The molecule has 3 heterocycles. The molecule has 8 aromatic carbocycles. The third-order valence-electron chi connectivity index (χ3n) is 12.1. The van der Waals surface area contributed by atoms with Crippen molar-refractivity contribution in [2.75, 3.05) is 0 Å². The summed E-state index contributed by atoms with van der Waals surface area (Å²) in [7, 11) is 0. The number of nitrogens with zero attached hydrogens (tertiary/aromatic N) is 4. The van der Waals surface area contributed by atoms with E-state index in [0.717, 1.165) is 88.6 Å². The van der Waals surface area contributed by atoms with Gasteiger partial charge in [0, 0.05) is 32.7 Å². The molecule has 3 aromatic heterocycles. The lowest BCUT2D eigenvalue weighted by Crippen LogP contribution is -2.06. The highest BCUT2D eigenvalue weighted by Gasteiger charge is 2.23. The Labute approximate surface area is 348 Å². The molecule has 0 aliphatic carbocycles. The molecule has 0 atom stereocenters. The molecule has 0 saturated carbocycles. The molecule has 0 aliphatic rings. The summed E-state index contributed by atoms with van der Waals surface area (Å²) in [5, 5.41) is 15.7. The Morgan fingerprint density at radius 2 is 0.867 bits per heavy atom. The Bertz CT molecular complexity index is 3520. The number of aryl methyl sites for hydroxylation is 2. The van der Waals surface area contributed by atoms with Gasteiger partial charge in [0.1, 0.15) is 0 Å². The van der Waals surface area contributed by atoms with Crippen molar-refractivity contribution in [3.8, 4) is 62.2 Å². The van der Waals surface area contributed by atoms with Gasteiger partial charge in [-0.05, 0) is 95.8 Å². The lowest BCUT2D eigenvalue weighted by molar-refractivity contribution is 1.09. The van der Waals surface area contributed by atoms with Crippen LogP contribution in [0.1, 0.15) is 16.7 Å². The molecule has 0 amide bonds. The van der Waals surface area contributed by atoms with Gasteiger partial charge in [-0.3, -0.25) is 0 Å². The van der Waals surface area contributed by atoms with Gasteiger partial charge in [0.25, 0.3) is 0 Å². The standard InChI is InChI=1S/C56H38N4/c1-36-15-6-8-19-42(36)39-27-29-46-44-21-10-12-25-51(44)59(53(46)31-39)55-33-41(35-57)48(50-24-14-23-49(58-50)38-17-4-3-5-18-38)34-56(55)60-52-26-13-11-22-45(52)47-30-28-40(32-54(47)60)43-20-9-7-16-37(43)2/h3-34H,1-2H3. The smallest absolute Gasteiger partial charge is 0.0999 e. The van der Waals surface area contributed by atoms with Crippen molar-refractivity contribution < 1.29 is 0 Å². The molecule has 0 spiro atoms. The molecule has 0 N–H and O–H groups in total. The molecule has 0 saturated heterocycles. The molecule has 282 valence electrons. The highest BCUT2D eigenvalue weighted by Crippen LogP contribution is 2.43. The number of para-hydroxylation sites is 2. The zero-order chi connectivity index (χ0) is 40.3. The van der Waals surface area contributed by atoms with Crippen molar-refractivity contribution in [1.29, 1.82) is 5.26 Å². The number of hydrogen-bond acceptors (Lipinski definition) is 2. The van der Waals surface area contributed by atoms with Crippen molar-refractivity contribution in [2.24, 2.45) is 0 Å². The molecule has 11 rings (SSSR count). The molecule has 4 heteroatoms. The summed E-state index contributed by atoms with van der Waals surface area (Å²) in [5.74, 6) is 0. The largest absolute Gasteiger partial charge is 0.307 e. The topological polar surface area (TPSA) is 46.5 Å². The van der Waals surface area contributed by atoms with E-state index in [-0.39, 0.29) is 0 Å². The molecule has 4 nitrogen and oxygen atoms in total. The SMILES string of the molecule is Cc1ccccc1-c1ccc2c3ccccc3n(-c3cc(C#N)c(-c4cccc(-c5ccccc5)n4)cc3-n3c4ccccc4c4ccc(-c5ccccc5C)cc43)c2c1. The first-order valence-corrected chi connectivity index (χ1v) is 20.4. The van der Waals surface area contributed by atoms with Crippen LogP contribution in [-0.2, 0) is 0 Å². The minimum atomic E-state index is 0.550. The summed E-state index contributed by atoms with van der Waals surface area (Å²) in [4.78, 5) is 5.21. The highest BCUT2D eigenvalue weighted by atomic mass is 15.1. The van der Waals surface area contributed by atoms with Crippen LogP contribution in [0.2, 0.25) is 0 Å².